The monoisotopic (exact) mass is 265 g/mol. The zero-order chi connectivity index (χ0) is 13.1. The van der Waals surface area contributed by atoms with Crippen molar-refractivity contribution in [1.29, 1.82) is 0 Å². The third-order valence-electron chi connectivity index (χ3n) is 3.66. The summed E-state index contributed by atoms with van der Waals surface area (Å²) < 4.78 is 2.44. The number of hydrogen-bond acceptors (Lipinski definition) is 3. The third kappa shape index (κ3) is 3.28. The van der Waals surface area contributed by atoms with Crippen LogP contribution in [0.1, 0.15) is 29.5 Å². The first-order chi connectivity index (χ1) is 8.60. The highest BCUT2D eigenvalue weighted by atomic mass is 32.2. The van der Waals surface area contributed by atoms with Crippen LogP contribution < -0.4 is 0 Å². The SMILES string of the molecule is Cc1cc(C)c(SN2CCC(CO)CC2)c(C)c1. The minimum atomic E-state index is 0.348. The molecule has 1 heterocycles. The van der Waals surface area contributed by atoms with Crippen LogP contribution >= 0.6 is 11.9 Å². The fourth-order valence-electron chi connectivity index (χ4n) is 2.62. The second kappa shape index (κ2) is 6.09. The molecule has 0 spiro atoms. The number of aryl methyl sites for hydroxylation is 3. The molecule has 100 valence electrons. The number of rotatable bonds is 3. The molecular weight excluding hydrogens is 242 g/mol. The Kier molecular flexibility index (Phi) is 4.71. The van der Waals surface area contributed by atoms with Crippen LogP contribution in [0.4, 0.5) is 0 Å². The molecule has 0 atom stereocenters. The summed E-state index contributed by atoms with van der Waals surface area (Å²) in [5.41, 5.74) is 4.09. The van der Waals surface area contributed by atoms with E-state index in [1.165, 1.54) is 21.6 Å². The molecule has 2 rings (SSSR count). The van der Waals surface area contributed by atoms with Crippen LogP contribution in [-0.2, 0) is 0 Å². The summed E-state index contributed by atoms with van der Waals surface area (Å²) in [6.45, 7) is 9.07. The van der Waals surface area contributed by atoms with Crippen molar-refractivity contribution in [2.75, 3.05) is 19.7 Å². The van der Waals surface area contributed by atoms with Gasteiger partial charge in [0.1, 0.15) is 0 Å². The summed E-state index contributed by atoms with van der Waals surface area (Å²) in [5.74, 6) is 0.516. The van der Waals surface area contributed by atoms with Crippen molar-refractivity contribution in [3.8, 4) is 0 Å². The van der Waals surface area contributed by atoms with Gasteiger partial charge >= 0.3 is 0 Å². The molecule has 3 heteroatoms. The van der Waals surface area contributed by atoms with Gasteiger partial charge in [0.05, 0.1) is 0 Å². The third-order valence-corrected chi connectivity index (χ3v) is 5.11. The van der Waals surface area contributed by atoms with Gasteiger partial charge in [-0.2, -0.15) is 0 Å². The highest BCUT2D eigenvalue weighted by molar-refractivity contribution is 7.97. The van der Waals surface area contributed by atoms with E-state index in [1.807, 2.05) is 11.9 Å². The van der Waals surface area contributed by atoms with E-state index in [0.717, 1.165) is 25.9 Å². The number of hydrogen-bond donors (Lipinski definition) is 1. The van der Waals surface area contributed by atoms with Gasteiger partial charge in [0.2, 0.25) is 0 Å². The van der Waals surface area contributed by atoms with Crippen LogP contribution in [0.15, 0.2) is 17.0 Å². The lowest BCUT2D eigenvalue weighted by molar-refractivity contribution is 0.174. The summed E-state index contributed by atoms with van der Waals surface area (Å²) in [6.07, 6.45) is 2.24. The normalized spacial score (nSPS) is 18.2. The predicted octanol–water partition coefficient (Wildman–Crippen LogP) is 3.32. The summed E-state index contributed by atoms with van der Waals surface area (Å²) in [5, 5.41) is 9.16. The molecule has 1 N–H and O–H groups in total. The highest BCUT2D eigenvalue weighted by Gasteiger charge is 2.20. The molecule has 0 saturated carbocycles. The fourth-order valence-corrected chi connectivity index (χ4v) is 3.68. The van der Waals surface area contributed by atoms with E-state index < -0.39 is 0 Å². The van der Waals surface area contributed by atoms with Gasteiger partial charge in [-0.3, -0.25) is 0 Å². The van der Waals surface area contributed by atoms with Crippen molar-refractivity contribution < 1.29 is 5.11 Å². The van der Waals surface area contributed by atoms with Gasteiger partial charge in [-0.25, -0.2) is 4.31 Å². The molecule has 1 fully saturated rings. The Hall–Kier alpha value is -0.510. The van der Waals surface area contributed by atoms with Crippen molar-refractivity contribution in [3.05, 3.63) is 28.8 Å². The van der Waals surface area contributed by atoms with Gasteiger partial charge in [0.25, 0.3) is 0 Å². The standard InChI is InChI=1S/C15H23NOS/c1-11-8-12(2)15(13(3)9-11)18-16-6-4-14(10-17)5-7-16/h8-9,14,17H,4-7,10H2,1-3H3. The van der Waals surface area contributed by atoms with Gasteiger partial charge in [-0.15, -0.1) is 0 Å². The Morgan fingerprint density at radius 1 is 1.17 bits per heavy atom. The van der Waals surface area contributed by atoms with Crippen LogP contribution in [0.5, 0.6) is 0 Å². The van der Waals surface area contributed by atoms with Gasteiger partial charge < -0.3 is 5.11 Å². The minimum absolute atomic E-state index is 0.348. The molecule has 1 aliphatic heterocycles. The minimum Gasteiger partial charge on any atom is -0.396 e. The largest absolute Gasteiger partial charge is 0.396 e. The van der Waals surface area contributed by atoms with Crippen LogP contribution in [0.25, 0.3) is 0 Å². The maximum Gasteiger partial charge on any atom is 0.0460 e. The van der Waals surface area contributed by atoms with E-state index in [-0.39, 0.29) is 0 Å². The van der Waals surface area contributed by atoms with Crippen LogP contribution in [0.2, 0.25) is 0 Å². The van der Waals surface area contributed by atoms with Crippen molar-refractivity contribution in [3.63, 3.8) is 0 Å². The number of benzene rings is 1. The number of aliphatic hydroxyl groups excluding tert-OH is 1. The van der Waals surface area contributed by atoms with Gasteiger partial charge in [-0.05, 0) is 62.6 Å². The lowest BCUT2D eigenvalue weighted by Gasteiger charge is -2.30. The Labute approximate surface area is 115 Å². The zero-order valence-corrected chi connectivity index (χ0v) is 12.4. The van der Waals surface area contributed by atoms with Crippen LogP contribution in [0.3, 0.4) is 0 Å². The fraction of sp³-hybridized carbons (Fsp3) is 0.600. The molecule has 0 amide bonds. The Bertz CT molecular complexity index is 388. The first-order valence-corrected chi connectivity index (χ1v) is 7.49. The topological polar surface area (TPSA) is 23.5 Å². The van der Waals surface area contributed by atoms with Crippen molar-refractivity contribution in [2.45, 2.75) is 38.5 Å². The molecule has 0 aromatic heterocycles. The van der Waals surface area contributed by atoms with E-state index in [0.29, 0.717) is 12.5 Å². The second-order valence-electron chi connectivity index (χ2n) is 5.37. The molecular formula is C15H23NOS. The molecule has 0 aliphatic carbocycles. The number of nitrogens with zero attached hydrogens (tertiary/aromatic N) is 1. The van der Waals surface area contributed by atoms with Gasteiger partial charge in [0, 0.05) is 24.6 Å². The van der Waals surface area contributed by atoms with E-state index in [9.17, 15) is 0 Å². The maximum absolute atomic E-state index is 9.16. The van der Waals surface area contributed by atoms with E-state index in [4.69, 9.17) is 5.11 Å². The van der Waals surface area contributed by atoms with Crippen molar-refractivity contribution >= 4 is 11.9 Å². The first-order valence-electron chi connectivity index (χ1n) is 6.71. The average Bonchev–Trinajstić information content (AvgIpc) is 2.34. The molecule has 1 aliphatic rings. The highest BCUT2D eigenvalue weighted by Crippen LogP contribution is 2.33. The summed E-state index contributed by atoms with van der Waals surface area (Å²) >= 11 is 1.89. The van der Waals surface area contributed by atoms with E-state index in [2.05, 4.69) is 37.2 Å². The smallest absolute Gasteiger partial charge is 0.0460 e. The van der Waals surface area contributed by atoms with Crippen LogP contribution in [-0.4, -0.2) is 29.1 Å². The lowest BCUT2D eigenvalue weighted by Crippen LogP contribution is -2.30. The zero-order valence-electron chi connectivity index (χ0n) is 11.6. The lowest BCUT2D eigenvalue weighted by atomic mass is 10.00. The molecule has 0 radical (unpaired) electrons. The molecule has 1 aromatic carbocycles. The van der Waals surface area contributed by atoms with Gasteiger partial charge in [-0.1, -0.05) is 17.7 Å². The first kappa shape index (κ1) is 13.9. The van der Waals surface area contributed by atoms with Crippen molar-refractivity contribution in [1.82, 2.24) is 4.31 Å². The molecule has 1 aromatic rings. The van der Waals surface area contributed by atoms with E-state index >= 15 is 0 Å². The summed E-state index contributed by atoms with van der Waals surface area (Å²) in [6, 6.07) is 4.52. The predicted molar refractivity (Wildman–Crippen MR) is 77.9 cm³/mol. The Morgan fingerprint density at radius 3 is 2.22 bits per heavy atom. The van der Waals surface area contributed by atoms with Gasteiger partial charge in [0.15, 0.2) is 0 Å². The van der Waals surface area contributed by atoms with Crippen LogP contribution in [0, 0.1) is 26.7 Å². The summed E-state index contributed by atoms with van der Waals surface area (Å²) in [4.78, 5) is 1.41. The second-order valence-corrected chi connectivity index (χ2v) is 6.48. The summed E-state index contributed by atoms with van der Waals surface area (Å²) in [7, 11) is 0. The molecule has 2 nitrogen and oxygen atoms in total. The molecule has 0 unspecified atom stereocenters. The molecule has 0 bridgehead atoms. The quantitative estimate of drug-likeness (QED) is 0.848. The molecule has 18 heavy (non-hydrogen) atoms. The van der Waals surface area contributed by atoms with E-state index in [1.54, 1.807) is 0 Å². The molecule has 1 saturated heterocycles. The maximum atomic E-state index is 9.16. The average molecular weight is 265 g/mol. The Morgan fingerprint density at radius 2 is 1.72 bits per heavy atom. The number of aliphatic hydroxyl groups is 1. The van der Waals surface area contributed by atoms with Crippen molar-refractivity contribution in [2.24, 2.45) is 5.92 Å². The Balaban J connectivity index is 2.02. The number of piperidine rings is 1.